The van der Waals surface area contributed by atoms with Crippen LogP contribution in [0.25, 0.3) is 6.08 Å². The smallest absolute Gasteiger partial charge is 0.166 e. The van der Waals surface area contributed by atoms with Crippen molar-refractivity contribution in [2.75, 3.05) is 26.7 Å². The number of rotatable bonds is 6. The first-order valence-corrected chi connectivity index (χ1v) is 14.2. The van der Waals surface area contributed by atoms with E-state index in [4.69, 9.17) is 4.74 Å². The van der Waals surface area contributed by atoms with Crippen molar-refractivity contribution in [1.29, 1.82) is 0 Å². The van der Waals surface area contributed by atoms with Crippen LogP contribution in [0, 0.1) is 12.8 Å². The van der Waals surface area contributed by atoms with Crippen molar-refractivity contribution in [3.8, 4) is 11.5 Å². The molecule has 2 unspecified atom stereocenters. The summed E-state index contributed by atoms with van der Waals surface area (Å²) >= 11 is 0. The maximum Gasteiger partial charge on any atom is 0.166 e. The molecule has 2 heterocycles. The minimum absolute atomic E-state index is 0.111. The molecule has 2 aromatic rings. The lowest BCUT2D eigenvalue weighted by Gasteiger charge is -2.68. The van der Waals surface area contributed by atoms with E-state index in [0.717, 1.165) is 56.8 Å². The van der Waals surface area contributed by atoms with Gasteiger partial charge in [-0.25, -0.2) is 0 Å². The first kappa shape index (κ1) is 23.8. The van der Waals surface area contributed by atoms with Gasteiger partial charge in [-0.2, -0.15) is 0 Å². The fraction of sp³-hybridized carbons (Fsp3) is 0.562. The average molecular weight is 501 g/mol. The van der Waals surface area contributed by atoms with Crippen molar-refractivity contribution < 1.29 is 14.9 Å². The van der Waals surface area contributed by atoms with E-state index in [1.807, 2.05) is 0 Å². The molecule has 2 aromatic carbocycles. The summed E-state index contributed by atoms with van der Waals surface area (Å²) in [5, 5.41) is 23.7. The van der Waals surface area contributed by atoms with E-state index >= 15 is 0 Å². The van der Waals surface area contributed by atoms with Crippen LogP contribution in [0.5, 0.6) is 11.5 Å². The molecule has 2 bridgehead atoms. The molecule has 0 amide bonds. The van der Waals surface area contributed by atoms with E-state index in [1.54, 1.807) is 6.07 Å². The summed E-state index contributed by atoms with van der Waals surface area (Å²) < 4.78 is 6.91. The zero-order valence-corrected chi connectivity index (χ0v) is 22.4. The summed E-state index contributed by atoms with van der Waals surface area (Å²) in [4.78, 5) is 5.01. The summed E-state index contributed by atoms with van der Waals surface area (Å²) in [6.07, 6.45) is 10.4. The fourth-order valence-electron chi connectivity index (χ4n) is 8.81. The van der Waals surface area contributed by atoms with E-state index in [2.05, 4.69) is 73.2 Å². The minimum Gasteiger partial charge on any atom is -0.504 e. The van der Waals surface area contributed by atoms with Gasteiger partial charge in [-0.1, -0.05) is 48.0 Å². The van der Waals surface area contributed by atoms with Crippen molar-refractivity contribution in [3.63, 3.8) is 0 Å². The topological polar surface area (TPSA) is 56.2 Å². The van der Waals surface area contributed by atoms with E-state index < -0.39 is 16.6 Å². The predicted octanol–water partition coefficient (Wildman–Crippen LogP) is 4.67. The molecule has 5 nitrogen and oxygen atoms in total. The molecule has 0 aromatic heterocycles. The summed E-state index contributed by atoms with van der Waals surface area (Å²) in [6.45, 7) is 7.25. The molecule has 2 aliphatic heterocycles. The average Bonchev–Trinajstić information content (AvgIpc) is 3.62. The first-order chi connectivity index (χ1) is 17.8. The van der Waals surface area contributed by atoms with E-state index in [-0.39, 0.29) is 17.8 Å². The minimum atomic E-state index is -0.852. The maximum absolute atomic E-state index is 12.8. The van der Waals surface area contributed by atoms with Crippen LogP contribution in [-0.2, 0) is 11.8 Å². The predicted molar refractivity (Wildman–Crippen MR) is 146 cm³/mol. The molecular formula is C32H40N2O3. The van der Waals surface area contributed by atoms with Crippen LogP contribution in [-0.4, -0.2) is 70.0 Å². The van der Waals surface area contributed by atoms with Crippen molar-refractivity contribution in [2.45, 2.75) is 81.1 Å². The normalized spacial score (nSPS) is 36.1. The highest BCUT2D eigenvalue weighted by atomic mass is 16.5. The highest BCUT2D eigenvalue weighted by Gasteiger charge is 2.77. The molecule has 5 heteroatoms. The van der Waals surface area contributed by atoms with Crippen LogP contribution >= 0.6 is 0 Å². The Morgan fingerprint density at radius 1 is 1.16 bits per heavy atom. The van der Waals surface area contributed by atoms with E-state index in [1.165, 1.54) is 29.5 Å². The van der Waals surface area contributed by atoms with Crippen LogP contribution < -0.4 is 4.74 Å². The molecule has 5 aliphatic rings. The number of piperidine rings is 1. The lowest BCUT2D eigenvalue weighted by atomic mass is 9.44. The molecule has 1 saturated heterocycles. The Hall–Kier alpha value is -2.34. The Morgan fingerprint density at radius 3 is 2.78 bits per heavy atom. The summed E-state index contributed by atoms with van der Waals surface area (Å²) in [5.74, 6) is 1.64. The van der Waals surface area contributed by atoms with E-state index in [0.29, 0.717) is 5.75 Å². The molecule has 3 aliphatic carbocycles. The Morgan fingerprint density at radius 2 is 2.00 bits per heavy atom. The van der Waals surface area contributed by atoms with Gasteiger partial charge in [0.05, 0.1) is 17.1 Å². The number of hydrogen-bond acceptors (Lipinski definition) is 5. The van der Waals surface area contributed by atoms with Crippen LogP contribution in [0.2, 0.25) is 0 Å². The highest BCUT2D eigenvalue weighted by molar-refractivity contribution is 5.64. The fourth-order valence-corrected chi connectivity index (χ4v) is 8.81. The number of aryl methyl sites for hydroxylation is 1. The van der Waals surface area contributed by atoms with Crippen molar-refractivity contribution in [2.24, 2.45) is 5.92 Å². The zero-order valence-electron chi connectivity index (χ0n) is 22.4. The van der Waals surface area contributed by atoms with Gasteiger partial charge >= 0.3 is 0 Å². The quantitative estimate of drug-likeness (QED) is 0.604. The number of phenolic OH excluding ortho intramolecular Hbond substituents is 1. The number of benzene rings is 2. The second kappa shape index (κ2) is 8.08. The molecule has 2 N–H and O–H groups in total. The maximum atomic E-state index is 12.8. The third kappa shape index (κ3) is 3.20. The Labute approximate surface area is 220 Å². The van der Waals surface area contributed by atoms with Gasteiger partial charge in [0.1, 0.15) is 5.60 Å². The zero-order chi connectivity index (χ0) is 25.6. The molecular weight excluding hydrogens is 460 g/mol. The number of likely N-dealkylation sites (tertiary alicyclic amines) is 1. The lowest BCUT2D eigenvalue weighted by Crippen LogP contribution is -2.81. The standard InChI is InChI=1S/C32H40N2O3/c1-21-6-4-7-22(18-21)8-5-16-33(3)26-13-14-32(36)27-19-24-11-12-25(35)29-28(24)31(32,30(26,2)37-29)15-17-34(27)20-23-9-10-23/h4-8,11-12,18,23,26-27,35-36H,9-10,13-17,19-20H2,1-3H3/b8-5+/t26?,27-,30?,31+,32-/m1/s1. The van der Waals surface area contributed by atoms with Crippen molar-refractivity contribution >= 4 is 6.08 Å². The van der Waals surface area contributed by atoms with Crippen molar-refractivity contribution in [3.05, 3.63) is 64.7 Å². The molecule has 7 rings (SSSR count). The SMILES string of the molecule is Cc1cccc(/C=C/CN(C)C2CC[C@@]3(O)[C@H]4Cc5ccc(O)c6c5[C@@]3(CCN4CC3CC3)C2(C)O6)c1. The number of phenols is 1. The van der Waals surface area contributed by atoms with Crippen molar-refractivity contribution in [1.82, 2.24) is 9.80 Å². The molecule has 196 valence electrons. The molecule has 1 spiro atoms. The molecule has 3 fully saturated rings. The lowest BCUT2D eigenvalue weighted by molar-refractivity contribution is -0.229. The molecule has 2 saturated carbocycles. The highest BCUT2D eigenvalue weighted by Crippen LogP contribution is 2.69. The monoisotopic (exact) mass is 500 g/mol. The number of nitrogens with zero attached hydrogens (tertiary/aromatic N) is 2. The summed E-state index contributed by atoms with van der Waals surface area (Å²) in [5.41, 5.74) is 2.86. The van der Waals surface area contributed by atoms with Crippen LogP contribution in [0.1, 0.15) is 61.3 Å². The molecule has 37 heavy (non-hydrogen) atoms. The number of likely N-dealkylation sites (N-methyl/N-ethyl adjacent to an activating group) is 1. The molecule has 5 atom stereocenters. The number of aromatic hydroxyl groups is 1. The second-order valence-electron chi connectivity index (χ2n) is 12.7. The van der Waals surface area contributed by atoms with Gasteiger partial charge < -0.3 is 14.9 Å². The number of aliphatic hydroxyl groups is 1. The van der Waals surface area contributed by atoms with Gasteiger partial charge in [-0.3, -0.25) is 9.80 Å². The third-order valence-electron chi connectivity index (χ3n) is 10.6. The van der Waals surface area contributed by atoms with E-state index in [9.17, 15) is 10.2 Å². The summed E-state index contributed by atoms with van der Waals surface area (Å²) in [7, 11) is 2.19. The van der Waals surface area contributed by atoms with Crippen LogP contribution in [0.4, 0.5) is 0 Å². The molecule has 0 radical (unpaired) electrons. The Kier molecular flexibility index (Phi) is 5.19. The number of hydrogen-bond donors (Lipinski definition) is 2. The van der Waals surface area contributed by atoms with Crippen LogP contribution in [0.15, 0.2) is 42.5 Å². The van der Waals surface area contributed by atoms with Gasteiger partial charge in [0, 0.05) is 24.7 Å². The number of ether oxygens (including phenoxy) is 1. The first-order valence-electron chi connectivity index (χ1n) is 14.2. The second-order valence-corrected chi connectivity index (χ2v) is 12.7. The van der Waals surface area contributed by atoms with Gasteiger partial charge in [-0.05, 0) is 89.1 Å². The van der Waals surface area contributed by atoms with Gasteiger partial charge in [0.25, 0.3) is 0 Å². The third-order valence-corrected chi connectivity index (χ3v) is 10.6. The Bertz CT molecular complexity index is 1270. The van der Waals surface area contributed by atoms with Crippen LogP contribution in [0.3, 0.4) is 0 Å². The summed E-state index contributed by atoms with van der Waals surface area (Å²) in [6, 6.07) is 12.7. The van der Waals surface area contributed by atoms with Gasteiger partial charge in [-0.15, -0.1) is 0 Å². The van der Waals surface area contributed by atoms with Gasteiger partial charge in [0.2, 0.25) is 0 Å². The Balaban J connectivity index is 1.26. The van der Waals surface area contributed by atoms with Gasteiger partial charge in [0.15, 0.2) is 11.5 Å². The largest absolute Gasteiger partial charge is 0.504 e.